The van der Waals surface area contributed by atoms with Gasteiger partial charge in [0, 0.05) is 30.4 Å². The minimum absolute atomic E-state index is 0.424. The first kappa shape index (κ1) is 10.9. The van der Waals surface area contributed by atoms with Crippen molar-refractivity contribution in [1.82, 2.24) is 20.2 Å². The van der Waals surface area contributed by atoms with Gasteiger partial charge in [-0.05, 0) is 0 Å². The van der Waals surface area contributed by atoms with Crippen molar-refractivity contribution < 1.29 is 0 Å². The Labute approximate surface area is 98.0 Å². The molecule has 2 aromatic rings. The first-order valence-electron chi connectivity index (χ1n) is 5.07. The van der Waals surface area contributed by atoms with E-state index >= 15 is 0 Å². The van der Waals surface area contributed by atoms with Gasteiger partial charge in [0.1, 0.15) is 11.3 Å². The molecule has 0 saturated heterocycles. The van der Waals surface area contributed by atoms with Gasteiger partial charge in [-0.3, -0.25) is 0 Å². The van der Waals surface area contributed by atoms with E-state index in [1.807, 2.05) is 0 Å². The fourth-order valence-electron chi connectivity index (χ4n) is 1.14. The zero-order valence-electron chi connectivity index (χ0n) is 9.21. The maximum Gasteiger partial charge on any atom is 0.205 e. The number of hydrogen-bond acceptors (Lipinski definition) is 6. The van der Waals surface area contributed by atoms with Gasteiger partial charge in [0.25, 0.3) is 0 Å². The molecular weight excluding hydrogens is 222 g/mol. The van der Waals surface area contributed by atoms with E-state index in [0.29, 0.717) is 12.5 Å². The average Bonchev–Trinajstić information content (AvgIpc) is 2.76. The van der Waals surface area contributed by atoms with Crippen LogP contribution in [0.2, 0.25) is 0 Å². The molecule has 2 rings (SSSR count). The summed E-state index contributed by atoms with van der Waals surface area (Å²) in [6, 6.07) is 0. The Hall–Kier alpha value is -1.56. The highest BCUT2D eigenvalue weighted by atomic mass is 32.1. The highest BCUT2D eigenvalue weighted by molar-refractivity contribution is 7.15. The topological polar surface area (TPSA) is 63.6 Å². The fraction of sp³-hybridized carbons (Fsp3) is 0.400. The Bertz CT molecular complexity index is 439. The molecule has 0 aromatic carbocycles. The Morgan fingerprint density at radius 3 is 2.62 bits per heavy atom. The van der Waals surface area contributed by atoms with Gasteiger partial charge in [0.05, 0.1) is 0 Å². The lowest BCUT2D eigenvalue weighted by Gasteiger charge is -2.00. The molecule has 0 aliphatic heterocycles. The van der Waals surface area contributed by atoms with Gasteiger partial charge in [0.15, 0.2) is 0 Å². The van der Waals surface area contributed by atoms with Crippen molar-refractivity contribution in [1.29, 1.82) is 0 Å². The molecule has 0 atom stereocenters. The van der Waals surface area contributed by atoms with Crippen molar-refractivity contribution >= 4 is 16.5 Å². The summed E-state index contributed by atoms with van der Waals surface area (Å²) in [5.74, 6) is 0.424. The fourth-order valence-corrected chi connectivity index (χ4v) is 1.88. The third-order valence-electron chi connectivity index (χ3n) is 1.99. The molecule has 0 amide bonds. The SMILES string of the molecule is CC(C)c1nnc(NCc2cncnc2)s1. The van der Waals surface area contributed by atoms with E-state index in [4.69, 9.17) is 0 Å². The van der Waals surface area contributed by atoms with Crippen LogP contribution < -0.4 is 5.32 Å². The average molecular weight is 235 g/mol. The van der Waals surface area contributed by atoms with E-state index in [-0.39, 0.29) is 0 Å². The Kier molecular flexibility index (Phi) is 3.40. The summed E-state index contributed by atoms with van der Waals surface area (Å²) >= 11 is 1.59. The lowest BCUT2D eigenvalue weighted by molar-refractivity contribution is 0.824. The standard InChI is InChI=1S/C10H13N5S/c1-7(2)9-14-15-10(16-9)13-5-8-3-11-6-12-4-8/h3-4,6-7H,5H2,1-2H3,(H,13,15). The Morgan fingerprint density at radius 2 is 2.00 bits per heavy atom. The van der Waals surface area contributed by atoms with Crippen molar-refractivity contribution in [2.45, 2.75) is 26.3 Å². The zero-order chi connectivity index (χ0) is 11.4. The van der Waals surface area contributed by atoms with Crippen LogP contribution in [0.15, 0.2) is 18.7 Å². The van der Waals surface area contributed by atoms with Gasteiger partial charge in [-0.1, -0.05) is 25.2 Å². The first-order chi connectivity index (χ1) is 7.75. The van der Waals surface area contributed by atoms with E-state index in [2.05, 4.69) is 39.3 Å². The molecular formula is C10H13N5S. The van der Waals surface area contributed by atoms with E-state index in [9.17, 15) is 0 Å². The number of nitrogens with zero attached hydrogens (tertiary/aromatic N) is 4. The summed E-state index contributed by atoms with van der Waals surface area (Å²) in [6.45, 7) is 4.89. The van der Waals surface area contributed by atoms with Crippen LogP contribution in [0.5, 0.6) is 0 Å². The third kappa shape index (κ3) is 2.73. The van der Waals surface area contributed by atoms with E-state index in [0.717, 1.165) is 15.7 Å². The molecule has 0 spiro atoms. The highest BCUT2D eigenvalue weighted by Gasteiger charge is 2.06. The molecule has 5 nitrogen and oxygen atoms in total. The van der Waals surface area contributed by atoms with Crippen LogP contribution in [0, 0.1) is 0 Å². The van der Waals surface area contributed by atoms with E-state index in [1.54, 1.807) is 23.7 Å². The molecule has 84 valence electrons. The molecule has 6 heteroatoms. The molecule has 0 radical (unpaired) electrons. The predicted octanol–water partition coefficient (Wildman–Crippen LogP) is 2.06. The molecule has 2 aromatic heterocycles. The number of nitrogens with one attached hydrogen (secondary N) is 1. The van der Waals surface area contributed by atoms with Gasteiger partial charge in [-0.25, -0.2) is 9.97 Å². The second-order valence-electron chi connectivity index (χ2n) is 3.70. The second kappa shape index (κ2) is 4.98. The van der Waals surface area contributed by atoms with Crippen LogP contribution in [0.4, 0.5) is 5.13 Å². The predicted molar refractivity (Wildman–Crippen MR) is 63.4 cm³/mol. The third-order valence-corrected chi connectivity index (χ3v) is 3.17. The van der Waals surface area contributed by atoms with Crippen LogP contribution in [0.1, 0.15) is 30.3 Å². The van der Waals surface area contributed by atoms with Crippen molar-refractivity contribution in [3.8, 4) is 0 Å². The molecule has 0 unspecified atom stereocenters. The van der Waals surface area contributed by atoms with Crippen molar-refractivity contribution in [2.24, 2.45) is 0 Å². The van der Waals surface area contributed by atoms with Gasteiger partial charge in [-0.2, -0.15) is 0 Å². The molecule has 0 aliphatic rings. The minimum Gasteiger partial charge on any atom is -0.356 e. The van der Waals surface area contributed by atoms with Gasteiger partial charge >= 0.3 is 0 Å². The number of hydrogen-bond donors (Lipinski definition) is 1. The van der Waals surface area contributed by atoms with Crippen molar-refractivity contribution in [2.75, 3.05) is 5.32 Å². The lowest BCUT2D eigenvalue weighted by atomic mass is 10.2. The summed E-state index contributed by atoms with van der Waals surface area (Å²) in [4.78, 5) is 7.89. The quantitative estimate of drug-likeness (QED) is 0.878. The summed E-state index contributed by atoms with van der Waals surface area (Å²) in [5.41, 5.74) is 1.03. The number of rotatable bonds is 4. The molecule has 0 aliphatic carbocycles. The molecule has 0 saturated carbocycles. The van der Waals surface area contributed by atoms with Crippen LogP contribution in [0.25, 0.3) is 0 Å². The van der Waals surface area contributed by atoms with Crippen molar-refractivity contribution in [3.05, 3.63) is 29.3 Å². The highest BCUT2D eigenvalue weighted by Crippen LogP contribution is 2.22. The maximum absolute atomic E-state index is 4.10. The smallest absolute Gasteiger partial charge is 0.205 e. The monoisotopic (exact) mass is 235 g/mol. The van der Waals surface area contributed by atoms with E-state index in [1.165, 1.54) is 6.33 Å². The lowest BCUT2D eigenvalue weighted by Crippen LogP contribution is -1.99. The summed E-state index contributed by atoms with van der Waals surface area (Å²) < 4.78 is 0. The first-order valence-corrected chi connectivity index (χ1v) is 5.88. The molecule has 0 fully saturated rings. The van der Waals surface area contributed by atoms with Crippen LogP contribution in [0.3, 0.4) is 0 Å². The zero-order valence-corrected chi connectivity index (χ0v) is 10.0. The van der Waals surface area contributed by atoms with Crippen LogP contribution >= 0.6 is 11.3 Å². The summed E-state index contributed by atoms with van der Waals surface area (Å²) in [6.07, 6.45) is 5.08. The summed E-state index contributed by atoms with van der Waals surface area (Å²) in [5, 5.41) is 13.3. The minimum atomic E-state index is 0.424. The molecule has 1 N–H and O–H groups in total. The number of anilines is 1. The number of aromatic nitrogens is 4. The van der Waals surface area contributed by atoms with Gasteiger partial charge < -0.3 is 5.32 Å². The van der Waals surface area contributed by atoms with Gasteiger partial charge in [-0.15, -0.1) is 10.2 Å². The molecule has 2 heterocycles. The van der Waals surface area contributed by atoms with Crippen molar-refractivity contribution in [3.63, 3.8) is 0 Å². The van der Waals surface area contributed by atoms with E-state index < -0.39 is 0 Å². The molecule has 16 heavy (non-hydrogen) atoms. The maximum atomic E-state index is 4.10. The normalized spacial score (nSPS) is 10.7. The second-order valence-corrected chi connectivity index (χ2v) is 4.71. The van der Waals surface area contributed by atoms with Crippen LogP contribution in [-0.2, 0) is 6.54 Å². The summed E-state index contributed by atoms with van der Waals surface area (Å²) in [7, 11) is 0. The van der Waals surface area contributed by atoms with Gasteiger partial charge in [0.2, 0.25) is 5.13 Å². The largest absolute Gasteiger partial charge is 0.356 e. The van der Waals surface area contributed by atoms with Crippen LogP contribution in [-0.4, -0.2) is 20.2 Å². The molecule has 0 bridgehead atoms. The Balaban J connectivity index is 1.95. The Morgan fingerprint density at radius 1 is 1.25 bits per heavy atom.